The molecule has 0 unspecified atom stereocenters. The molecule has 0 saturated heterocycles. The number of ether oxygens (including phenoxy) is 2. The topological polar surface area (TPSA) is 55.2 Å². The highest BCUT2D eigenvalue weighted by atomic mass is 32.1. The lowest BCUT2D eigenvalue weighted by atomic mass is 10.2. The highest BCUT2D eigenvalue weighted by Crippen LogP contribution is 2.33. The van der Waals surface area contributed by atoms with Crippen molar-refractivity contribution in [3.05, 3.63) is 70.4 Å². The number of rotatable bonds is 5. The number of methoxy groups -OCH3 is 1. The van der Waals surface area contributed by atoms with Crippen LogP contribution in [0.3, 0.4) is 0 Å². The Morgan fingerprint density at radius 2 is 1.81 bits per heavy atom. The molecule has 0 amide bonds. The van der Waals surface area contributed by atoms with Gasteiger partial charge in [0, 0.05) is 11.6 Å². The number of anilines is 1. The van der Waals surface area contributed by atoms with Gasteiger partial charge >= 0.3 is 0 Å². The van der Waals surface area contributed by atoms with Gasteiger partial charge in [-0.1, -0.05) is 6.07 Å². The molecule has 1 aliphatic rings. The number of amidine groups is 2. The minimum absolute atomic E-state index is 0.640. The van der Waals surface area contributed by atoms with Crippen molar-refractivity contribution in [2.75, 3.05) is 19.0 Å². The summed E-state index contributed by atoms with van der Waals surface area (Å²) in [6.07, 6.45) is 0. The van der Waals surface area contributed by atoms with E-state index in [0.717, 1.165) is 39.2 Å². The summed E-state index contributed by atoms with van der Waals surface area (Å²) in [6, 6.07) is 17.7. The molecule has 0 aliphatic carbocycles. The lowest BCUT2D eigenvalue weighted by Gasteiger charge is -2.11. The third-order valence-corrected chi connectivity index (χ3v) is 4.95. The molecule has 1 N–H and O–H groups in total. The summed E-state index contributed by atoms with van der Waals surface area (Å²) in [4.78, 5) is 10.6. The summed E-state index contributed by atoms with van der Waals surface area (Å²) in [7, 11) is 1.65. The fourth-order valence-electron chi connectivity index (χ4n) is 2.77. The summed E-state index contributed by atoms with van der Waals surface area (Å²) < 4.78 is 10.9. The Labute approximate surface area is 162 Å². The number of fused-ring (bicyclic) bond motifs is 1. The molecule has 1 aliphatic heterocycles. The van der Waals surface area contributed by atoms with Crippen molar-refractivity contribution in [2.45, 2.75) is 6.92 Å². The number of hydrogen-bond donors (Lipinski definition) is 1. The third-order valence-electron chi connectivity index (χ3n) is 4.08. The molecular formula is C21H19N3O2S. The molecule has 0 radical (unpaired) electrons. The van der Waals surface area contributed by atoms with Crippen LogP contribution in [0.1, 0.15) is 17.4 Å². The number of nitrogens with zero attached hydrogens (tertiary/aromatic N) is 2. The first-order valence-electron chi connectivity index (χ1n) is 8.66. The molecule has 2 aromatic carbocycles. The van der Waals surface area contributed by atoms with Gasteiger partial charge < -0.3 is 14.8 Å². The zero-order valence-corrected chi connectivity index (χ0v) is 15.9. The van der Waals surface area contributed by atoms with E-state index in [0.29, 0.717) is 12.4 Å². The highest BCUT2D eigenvalue weighted by Gasteiger charge is 2.16. The maximum atomic E-state index is 5.54. The fourth-order valence-corrected chi connectivity index (χ4v) is 3.43. The molecule has 27 heavy (non-hydrogen) atoms. The van der Waals surface area contributed by atoms with E-state index in [1.54, 1.807) is 18.4 Å². The van der Waals surface area contributed by atoms with Crippen LogP contribution < -0.4 is 14.8 Å². The first-order chi connectivity index (χ1) is 13.3. The summed E-state index contributed by atoms with van der Waals surface area (Å²) in [5, 5.41) is 5.44. The average molecular weight is 377 g/mol. The lowest BCUT2D eigenvalue weighted by molar-refractivity contribution is 0.340. The third kappa shape index (κ3) is 3.71. The van der Waals surface area contributed by atoms with Crippen LogP contribution in [0.25, 0.3) is 0 Å². The monoisotopic (exact) mass is 377 g/mol. The van der Waals surface area contributed by atoms with Gasteiger partial charge in [0.15, 0.2) is 5.84 Å². The molecule has 0 bridgehead atoms. The number of aliphatic imine (C=N–C) groups is 2. The van der Waals surface area contributed by atoms with E-state index in [-0.39, 0.29) is 0 Å². The van der Waals surface area contributed by atoms with Crippen molar-refractivity contribution in [3.63, 3.8) is 0 Å². The largest absolute Gasteiger partial charge is 0.497 e. The van der Waals surface area contributed by atoms with Crippen LogP contribution in [0.4, 0.5) is 11.4 Å². The molecule has 5 nitrogen and oxygen atoms in total. The first kappa shape index (κ1) is 17.3. The van der Waals surface area contributed by atoms with Crippen molar-refractivity contribution < 1.29 is 9.47 Å². The molecule has 136 valence electrons. The first-order valence-corrected chi connectivity index (χ1v) is 9.54. The van der Waals surface area contributed by atoms with E-state index in [2.05, 4.69) is 5.32 Å². The van der Waals surface area contributed by atoms with E-state index < -0.39 is 0 Å². The Kier molecular flexibility index (Phi) is 4.89. The number of thiophene rings is 1. The predicted octanol–water partition coefficient (Wildman–Crippen LogP) is 5.11. The van der Waals surface area contributed by atoms with Crippen LogP contribution >= 0.6 is 11.3 Å². The molecule has 6 heteroatoms. The zero-order valence-electron chi connectivity index (χ0n) is 15.1. The number of nitrogens with one attached hydrogen (secondary N) is 1. The molecule has 0 saturated carbocycles. The SMILES string of the molecule is CCOc1ccc(C2=NC(c3cccs3)=Nc3ccc(OC)cc3N2)cc1. The summed E-state index contributed by atoms with van der Waals surface area (Å²) in [6.45, 7) is 2.61. The summed E-state index contributed by atoms with van der Waals surface area (Å²) in [5.74, 6) is 3.02. The summed E-state index contributed by atoms with van der Waals surface area (Å²) in [5.41, 5.74) is 2.64. The molecule has 4 rings (SSSR count). The molecule has 0 spiro atoms. The van der Waals surface area contributed by atoms with E-state index in [9.17, 15) is 0 Å². The van der Waals surface area contributed by atoms with Crippen LogP contribution in [-0.4, -0.2) is 25.4 Å². The number of benzene rings is 2. The van der Waals surface area contributed by atoms with Gasteiger partial charge in [-0.15, -0.1) is 11.3 Å². The van der Waals surface area contributed by atoms with Crippen LogP contribution in [0.15, 0.2) is 70.0 Å². The Morgan fingerprint density at radius 3 is 2.52 bits per heavy atom. The second-order valence-corrected chi connectivity index (χ2v) is 6.79. The molecule has 2 heterocycles. The van der Waals surface area contributed by atoms with Crippen LogP contribution in [0.2, 0.25) is 0 Å². The van der Waals surface area contributed by atoms with Gasteiger partial charge in [0.25, 0.3) is 0 Å². The van der Waals surface area contributed by atoms with Crippen molar-refractivity contribution in [3.8, 4) is 11.5 Å². The van der Waals surface area contributed by atoms with Gasteiger partial charge in [0.05, 0.1) is 30.0 Å². The van der Waals surface area contributed by atoms with Crippen molar-refractivity contribution >= 4 is 34.4 Å². The van der Waals surface area contributed by atoms with Crippen LogP contribution in [0, 0.1) is 0 Å². The van der Waals surface area contributed by atoms with E-state index in [4.69, 9.17) is 19.5 Å². The Balaban J connectivity index is 1.79. The minimum atomic E-state index is 0.640. The molecule has 0 fully saturated rings. The summed E-state index contributed by atoms with van der Waals surface area (Å²) >= 11 is 1.62. The molecule has 1 aromatic heterocycles. The van der Waals surface area contributed by atoms with E-state index in [1.807, 2.05) is 66.9 Å². The maximum absolute atomic E-state index is 5.54. The highest BCUT2D eigenvalue weighted by molar-refractivity contribution is 7.12. The molecule has 0 atom stereocenters. The van der Waals surface area contributed by atoms with Crippen molar-refractivity contribution in [1.29, 1.82) is 0 Å². The smallest absolute Gasteiger partial charge is 0.172 e. The predicted molar refractivity (Wildman–Crippen MR) is 111 cm³/mol. The van der Waals surface area contributed by atoms with Gasteiger partial charge in [-0.2, -0.15) is 0 Å². The van der Waals surface area contributed by atoms with Gasteiger partial charge in [-0.25, -0.2) is 9.98 Å². The Bertz CT molecular complexity index is 993. The van der Waals surface area contributed by atoms with E-state index >= 15 is 0 Å². The van der Waals surface area contributed by atoms with Gasteiger partial charge in [-0.3, -0.25) is 0 Å². The van der Waals surface area contributed by atoms with Crippen molar-refractivity contribution in [1.82, 2.24) is 0 Å². The molecule has 3 aromatic rings. The quantitative estimate of drug-likeness (QED) is 0.672. The van der Waals surface area contributed by atoms with Crippen molar-refractivity contribution in [2.24, 2.45) is 9.98 Å². The zero-order chi connectivity index (χ0) is 18.6. The van der Waals surface area contributed by atoms with E-state index in [1.165, 1.54) is 0 Å². The van der Waals surface area contributed by atoms with Gasteiger partial charge in [-0.05, 0) is 54.8 Å². The van der Waals surface area contributed by atoms with Gasteiger partial charge in [0.1, 0.15) is 17.3 Å². The molecular weight excluding hydrogens is 358 g/mol. The lowest BCUT2D eigenvalue weighted by Crippen LogP contribution is -2.14. The van der Waals surface area contributed by atoms with Crippen LogP contribution in [-0.2, 0) is 0 Å². The maximum Gasteiger partial charge on any atom is 0.172 e. The van der Waals surface area contributed by atoms with Crippen LogP contribution in [0.5, 0.6) is 11.5 Å². The Morgan fingerprint density at radius 1 is 1.00 bits per heavy atom. The second kappa shape index (κ2) is 7.63. The number of hydrogen-bond acceptors (Lipinski definition) is 6. The minimum Gasteiger partial charge on any atom is -0.497 e. The second-order valence-electron chi connectivity index (χ2n) is 5.84. The average Bonchev–Trinajstić information content (AvgIpc) is 3.16. The Hall–Kier alpha value is -3.12. The standard InChI is InChI=1S/C21H19N3O2S/c1-3-26-15-8-6-14(7-9-15)20-23-18-13-16(25-2)10-11-17(18)22-21(24-20)19-5-4-12-27-19/h4-13H,3H2,1-2H3,(H,22,23,24). The normalized spacial score (nSPS) is 13.0. The van der Waals surface area contributed by atoms with Gasteiger partial charge in [0.2, 0.25) is 0 Å². The fraction of sp³-hybridized carbons (Fsp3) is 0.143.